The lowest BCUT2D eigenvalue weighted by atomic mass is 10.0. The number of nitrogens with one attached hydrogen (secondary N) is 2. The maximum absolute atomic E-state index is 12.6. The highest BCUT2D eigenvalue weighted by Gasteiger charge is 2.24. The molecule has 2 heterocycles. The van der Waals surface area contributed by atoms with Crippen LogP contribution in [0.25, 0.3) is 0 Å². The fourth-order valence-corrected chi connectivity index (χ4v) is 4.57. The molecule has 27 heavy (non-hydrogen) atoms. The summed E-state index contributed by atoms with van der Waals surface area (Å²) in [6, 6.07) is 5.12. The molecule has 1 fully saturated rings. The van der Waals surface area contributed by atoms with E-state index in [1.807, 2.05) is 6.07 Å². The van der Waals surface area contributed by atoms with Crippen molar-refractivity contribution >= 4 is 16.1 Å². The topological polar surface area (TPSA) is 87.7 Å². The van der Waals surface area contributed by atoms with Crippen molar-refractivity contribution in [3.63, 3.8) is 0 Å². The Hall–Kier alpha value is -1.64. The number of hydrogen-bond donors (Lipinski definition) is 2. The van der Waals surface area contributed by atoms with Gasteiger partial charge in [-0.3, -0.25) is 0 Å². The second kappa shape index (κ2) is 9.03. The summed E-state index contributed by atoms with van der Waals surface area (Å²) >= 11 is 0. The maximum atomic E-state index is 12.6. The van der Waals surface area contributed by atoms with Gasteiger partial charge >= 0.3 is 6.03 Å². The molecule has 0 aliphatic carbocycles. The number of nitrogens with zero attached hydrogens (tertiary/aromatic N) is 1. The smallest absolute Gasteiger partial charge is 0.317 e. The summed E-state index contributed by atoms with van der Waals surface area (Å²) in [5.41, 5.74) is 2.00. The molecule has 2 N–H and O–H groups in total. The normalized spacial score (nSPS) is 19.7. The third kappa shape index (κ3) is 5.21. The second-order valence-electron chi connectivity index (χ2n) is 7.17. The van der Waals surface area contributed by atoms with Gasteiger partial charge in [-0.15, -0.1) is 0 Å². The van der Waals surface area contributed by atoms with Gasteiger partial charge in [0.05, 0.1) is 11.0 Å². The van der Waals surface area contributed by atoms with Gasteiger partial charge in [0.15, 0.2) is 0 Å². The van der Waals surface area contributed by atoms with E-state index in [9.17, 15) is 13.2 Å². The number of urea groups is 1. The number of carbonyl (C=O) groups excluding carboxylic acids is 1. The first-order chi connectivity index (χ1) is 13.0. The minimum absolute atomic E-state index is 0.0419. The van der Waals surface area contributed by atoms with Crippen molar-refractivity contribution < 1.29 is 17.9 Å². The van der Waals surface area contributed by atoms with Crippen LogP contribution < -0.4 is 10.0 Å². The molecule has 7 nitrogen and oxygen atoms in total. The number of ether oxygens (including phenoxy) is 1. The number of hydrogen-bond acceptors (Lipinski definition) is 4. The number of fused-ring (bicyclic) bond motifs is 1. The summed E-state index contributed by atoms with van der Waals surface area (Å²) in [7, 11) is -3.59. The van der Waals surface area contributed by atoms with Crippen LogP contribution in [0.2, 0.25) is 0 Å². The van der Waals surface area contributed by atoms with Gasteiger partial charge in [0, 0.05) is 32.8 Å². The Balaban J connectivity index is 1.65. The molecule has 1 aromatic carbocycles. The van der Waals surface area contributed by atoms with E-state index in [0.29, 0.717) is 32.8 Å². The van der Waals surface area contributed by atoms with Crippen LogP contribution in [0.1, 0.15) is 43.7 Å². The van der Waals surface area contributed by atoms with Crippen molar-refractivity contribution in [2.45, 2.75) is 56.6 Å². The summed E-state index contributed by atoms with van der Waals surface area (Å²) in [6.45, 7) is 4.82. The maximum Gasteiger partial charge on any atom is 0.317 e. The van der Waals surface area contributed by atoms with E-state index in [1.165, 1.54) is 0 Å². The Morgan fingerprint density at radius 3 is 2.93 bits per heavy atom. The highest BCUT2D eigenvalue weighted by Crippen LogP contribution is 2.23. The third-order valence-electron chi connectivity index (χ3n) is 5.12. The standard InChI is InChI=1S/C19H29N3O4S/c1-2-3-9-20-19(23)22-10-8-15-6-7-18(12-16(15)14-22)27(24,25)21-13-17-5-4-11-26-17/h6-7,12,17,21H,2-5,8-11,13-14H2,1H3,(H,20,23)/t17-/m0/s1. The van der Waals surface area contributed by atoms with E-state index in [4.69, 9.17) is 4.74 Å². The molecule has 0 saturated carbocycles. The van der Waals surface area contributed by atoms with E-state index in [2.05, 4.69) is 17.0 Å². The van der Waals surface area contributed by atoms with Crippen LogP contribution in [0, 0.1) is 0 Å². The summed E-state index contributed by atoms with van der Waals surface area (Å²) in [4.78, 5) is 14.3. The van der Waals surface area contributed by atoms with Gasteiger partial charge in [0.25, 0.3) is 0 Å². The molecule has 2 aliphatic rings. The van der Waals surface area contributed by atoms with Crippen LogP contribution in [0.3, 0.4) is 0 Å². The van der Waals surface area contributed by atoms with E-state index in [-0.39, 0.29) is 17.0 Å². The summed E-state index contributed by atoms with van der Waals surface area (Å²) < 4.78 is 33.3. The highest BCUT2D eigenvalue weighted by molar-refractivity contribution is 7.89. The molecule has 2 amide bonds. The predicted octanol–water partition coefficient (Wildman–Crippen LogP) is 2.01. The molecule has 0 bridgehead atoms. The lowest BCUT2D eigenvalue weighted by molar-refractivity contribution is 0.114. The van der Waals surface area contributed by atoms with Crippen LogP contribution >= 0.6 is 0 Å². The first-order valence-corrected chi connectivity index (χ1v) is 11.2. The van der Waals surface area contributed by atoms with E-state index in [0.717, 1.165) is 43.2 Å². The molecule has 0 aromatic heterocycles. The summed E-state index contributed by atoms with van der Waals surface area (Å²) in [5.74, 6) is 0. The SMILES string of the molecule is CCCCNC(=O)N1CCc2ccc(S(=O)(=O)NC[C@@H]3CCCO3)cc2C1. The molecule has 1 atom stereocenters. The molecule has 1 aromatic rings. The number of amides is 2. The van der Waals surface area contributed by atoms with E-state index in [1.54, 1.807) is 17.0 Å². The first-order valence-electron chi connectivity index (χ1n) is 9.75. The number of benzene rings is 1. The van der Waals surface area contributed by atoms with Gasteiger partial charge in [-0.2, -0.15) is 0 Å². The van der Waals surface area contributed by atoms with Crippen molar-refractivity contribution in [1.29, 1.82) is 0 Å². The number of sulfonamides is 1. The molecule has 8 heteroatoms. The van der Waals surface area contributed by atoms with Gasteiger partial charge in [0.1, 0.15) is 0 Å². The van der Waals surface area contributed by atoms with Crippen molar-refractivity contribution in [2.75, 3.05) is 26.2 Å². The lowest BCUT2D eigenvalue weighted by Gasteiger charge is -2.29. The van der Waals surface area contributed by atoms with Crippen LogP contribution in [-0.2, 0) is 27.7 Å². The Bertz CT molecular complexity index is 760. The lowest BCUT2D eigenvalue weighted by Crippen LogP contribution is -2.43. The summed E-state index contributed by atoms with van der Waals surface area (Å²) in [6.07, 6.45) is 4.54. The fourth-order valence-electron chi connectivity index (χ4n) is 3.45. The Morgan fingerprint density at radius 2 is 2.19 bits per heavy atom. The largest absolute Gasteiger partial charge is 0.377 e. The van der Waals surface area contributed by atoms with Crippen molar-refractivity contribution in [3.05, 3.63) is 29.3 Å². The zero-order valence-corrected chi connectivity index (χ0v) is 16.7. The molecule has 0 unspecified atom stereocenters. The van der Waals surface area contributed by atoms with Gasteiger partial charge in [-0.05, 0) is 48.9 Å². The number of unbranched alkanes of at least 4 members (excludes halogenated alkanes) is 1. The zero-order chi connectivity index (χ0) is 19.3. The van der Waals surface area contributed by atoms with Gasteiger partial charge in [-0.1, -0.05) is 19.4 Å². The highest BCUT2D eigenvalue weighted by atomic mass is 32.2. The van der Waals surface area contributed by atoms with E-state index < -0.39 is 10.0 Å². The second-order valence-corrected chi connectivity index (χ2v) is 8.94. The quantitative estimate of drug-likeness (QED) is 0.692. The molecular weight excluding hydrogens is 366 g/mol. The van der Waals surface area contributed by atoms with Crippen molar-refractivity contribution in [1.82, 2.24) is 14.9 Å². The molecule has 1 saturated heterocycles. The minimum Gasteiger partial charge on any atom is -0.377 e. The van der Waals surface area contributed by atoms with Crippen LogP contribution in [0.5, 0.6) is 0 Å². The van der Waals surface area contributed by atoms with Gasteiger partial charge in [0.2, 0.25) is 10.0 Å². The monoisotopic (exact) mass is 395 g/mol. The zero-order valence-electron chi connectivity index (χ0n) is 15.9. The molecule has 150 valence electrons. The molecule has 2 aliphatic heterocycles. The molecular formula is C19H29N3O4S. The summed E-state index contributed by atoms with van der Waals surface area (Å²) in [5, 5.41) is 2.92. The minimum atomic E-state index is -3.59. The van der Waals surface area contributed by atoms with Crippen molar-refractivity contribution in [2.24, 2.45) is 0 Å². The molecule has 3 rings (SSSR count). The number of carbonyl (C=O) groups is 1. The Labute approximate surface area is 161 Å². The average molecular weight is 396 g/mol. The van der Waals surface area contributed by atoms with Crippen LogP contribution in [-0.4, -0.2) is 51.7 Å². The van der Waals surface area contributed by atoms with Crippen molar-refractivity contribution in [3.8, 4) is 0 Å². The first kappa shape index (κ1) is 20.1. The Morgan fingerprint density at radius 1 is 1.33 bits per heavy atom. The molecule has 0 spiro atoms. The molecule has 0 radical (unpaired) electrons. The average Bonchev–Trinajstić information content (AvgIpc) is 3.19. The van der Waals surface area contributed by atoms with Crippen LogP contribution in [0.15, 0.2) is 23.1 Å². The van der Waals surface area contributed by atoms with Gasteiger partial charge < -0.3 is 15.0 Å². The third-order valence-corrected chi connectivity index (χ3v) is 6.54. The fraction of sp³-hybridized carbons (Fsp3) is 0.632. The number of rotatable bonds is 7. The predicted molar refractivity (Wildman–Crippen MR) is 103 cm³/mol. The van der Waals surface area contributed by atoms with E-state index >= 15 is 0 Å². The Kier molecular flexibility index (Phi) is 6.73. The van der Waals surface area contributed by atoms with Crippen LogP contribution in [0.4, 0.5) is 4.79 Å². The van der Waals surface area contributed by atoms with Gasteiger partial charge in [-0.25, -0.2) is 17.9 Å².